The van der Waals surface area contributed by atoms with E-state index in [1.165, 1.54) is 12.1 Å². The number of anilines is 1. The van der Waals surface area contributed by atoms with Gasteiger partial charge in [0.15, 0.2) is 5.41 Å². The molecule has 1 aliphatic heterocycles. The second kappa shape index (κ2) is 5.77. The highest BCUT2D eigenvalue weighted by Crippen LogP contribution is 2.57. The molecular formula is C14H17F6N. The molecule has 0 fully saturated rings. The first-order valence-electron chi connectivity index (χ1n) is 6.58. The van der Waals surface area contributed by atoms with Crippen LogP contribution in [0.25, 0.3) is 0 Å². The molecule has 1 heterocycles. The zero-order valence-corrected chi connectivity index (χ0v) is 11.9. The molecule has 7 heteroatoms. The standard InChI is InChI=1S/C12H11F6N.C2H6/c1-7-2-3-8-9(6-7)19-5-4-10(8,11(13,14)15)12(16,17)18;1-2/h2-3,6,19H,4-5H2,1H3;1-2H3. The summed E-state index contributed by atoms with van der Waals surface area (Å²) in [5, 5.41) is 2.60. The molecule has 21 heavy (non-hydrogen) atoms. The number of nitrogens with one attached hydrogen (secondary N) is 1. The minimum absolute atomic E-state index is 0.0964. The van der Waals surface area contributed by atoms with Crippen molar-refractivity contribution in [3.05, 3.63) is 29.3 Å². The van der Waals surface area contributed by atoms with Crippen LogP contribution >= 0.6 is 0 Å². The van der Waals surface area contributed by atoms with E-state index in [9.17, 15) is 26.3 Å². The van der Waals surface area contributed by atoms with Crippen molar-refractivity contribution in [3.63, 3.8) is 0 Å². The van der Waals surface area contributed by atoms with E-state index >= 15 is 0 Å². The summed E-state index contributed by atoms with van der Waals surface area (Å²) in [5.41, 5.74) is -4.02. The highest BCUT2D eigenvalue weighted by Gasteiger charge is 2.72. The lowest BCUT2D eigenvalue weighted by molar-refractivity contribution is -0.305. The fraction of sp³-hybridized carbons (Fsp3) is 0.571. The number of rotatable bonds is 0. The van der Waals surface area contributed by atoms with Crippen LogP contribution in [0.1, 0.15) is 31.4 Å². The van der Waals surface area contributed by atoms with Gasteiger partial charge in [-0.05, 0) is 30.5 Å². The molecule has 0 spiro atoms. The molecule has 0 aromatic heterocycles. The van der Waals surface area contributed by atoms with Gasteiger partial charge >= 0.3 is 12.4 Å². The molecule has 0 bridgehead atoms. The third kappa shape index (κ3) is 2.82. The monoisotopic (exact) mass is 313 g/mol. The number of fused-ring (bicyclic) bond motifs is 1. The maximum atomic E-state index is 13.1. The van der Waals surface area contributed by atoms with Crippen LogP contribution in [0.3, 0.4) is 0 Å². The third-order valence-electron chi connectivity index (χ3n) is 3.42. The van der Waals surface area contributed by atoms with Gasteiger partial charge in [0, 0.05) is 12.2 Å². The molecular weight excluding hydrogens is 296 g/mol. The predicted octanol–water partition coefficient (Wildman–Crippen LogP) is 5.20. The Morgan fingerprint density at radius 2 is 1.52 bits per heavy atom. The first-order valence-corrected chi connectivity index (χ1v) is 6.58. The van der Waals surface area contributed by atoms with Crippen molar-refractivity contribution >= 4 is 5.69 Å². The lowest BCUT2D eigenvalue weighted by atomic mass is 9.73. The molecule has 1 aromatic carbocycles. The molecule has 0 saturated carbocycles. The average molecular weight is 313 g/mol. The van der Waals surface area contributed by atoms with E-state index in [0.717, 1.165) is 6.07 Å². The van der Waals surface area contributed by atoms with Gasteiger partial charge in [-0.1, -0.05) is 26.0 Å². The summed E-state index contributed by atoms with van der Waals surface area (Å²) >= 11 is 0. The molecule has 0 atom stereocenters. The van der Waals surface area contributed by atoms with Crippen LogP contribution in [-0.2, 0) is 5.41 Å². The maximum absolute atomic E-state index is 13.1. The average Bonchev–Trinajstić information content (AvgIpc) is 2.37. The fourth-order valence-corrected chi connectivity index (χ4v) is 2.45. The summed E-state index contributed by atoms with van der Waals surface area (Å²) < 4.78 is 78.7. The van der Waals surface area contributed by atoms with Crippen molar-refractivity contribution in [2.24, 2.45) is 0 Å². The molecule has 1 aromatic rings. The van der Waals surface area contributed by atoms with E-state index in [-0.39, 0.29) is 12.2 Å². The Labute approximate surface area is 119 Å². The van der Waals surface area contributed by atoms with Gasteiger partial charge in [-0.3, -0.25) is 0 Å². The number of alkyl halides is 6. The summed E-state index contributed by atoms with van der Waals surface area (Å²) in [6, 6.07) is 3.48. The van der Waals surface area contributed by atoms with E-state index in [0.29, 0.717) is 5.56 Å². The van der Waals surface area contributed by atoms with Crippen LogP contribution < -0.4 is 5.32 Å². The van der Waals surface area contributed by atoms with Crippen LogP contribution in [0.5, 0.6) is 0 Å². The molecule has 0 amide bonds. The Kier molecular flexibility index (Phi) is 4.85. The molecule has 1 N–H and O–H groups in total. The summed E-state index contributed by atoms with van der Waals surface area (Å²) in [7, 11) is 0. The van der Waals surface area contributed by atoms with Crippen molar-refractivity contribution in [3.8, 4) is 0 Å². The van der Waals surface area contributed by atoms with Crippen LogP contribution in [0.4, 0.5) is 32.0 Å². The smallest absolute Gasteiger partial charge is 0.385 e. The molecule has 2 rings (SSSR count). The second-order valence-corrected chi connectivity index (χ2v) is 4.63. The van der Waals surface area contributed by atoms with Crippen LogP contribution in [0, 0.1) is 6.92 Å². The Morgan fingerprint density at radius 1 is 1.00 bits per heavy atom. The van der Waals surface area contributed by atoms with Gasteiger partial charge in [-0.25, -0.2) is 0 Å². The Hall–Kier alpha value is -1.40. The SMILES string of the molecule is CC.Cc1ccc2c(c1)NCCC2(C(F)(F)F)C(F)(F)F. The van der Waals surface area contributed by atoms with Crippen LogP contribution in [-0.4, -0.2) is 18.9 Å². The van der Waals surface area contributed by atoms with Crippen molar-refractivity contribution < 1.29 is 26.3 Å². The zero-order chi connectivity index (χ0) is 16.5. The molecule has 1 aliphatic rings. The topological polar surface area (TPSA) is 12.0 Å². The van der Waals surface area contributed by atoms with Gasteiger partial charge in [0.1, 0.15) is 0 Å². The Bertz CT molecular complexity index is 475. The Morgan fingerprint density at radius 3 is 2.00 bits per heavy atom. The number of benzene rings is 1. The first kappa shape index (κ1) is 17.7. The molecule has 0 unspecified atom stereocenters. The summed E-state index contributed by atoms with van der Waals surface area (Å²) in [6.45, 7) is 5.24. The molecule has 0 saturated heterocycles. The molecule has 0 radical (unpaired) electrons. The van der Waals surface area contributed by atoms with Gasteiger partial charge < -0.3 is 5.32 Å². The van der Waals surface area contributed by atoms with Gasteiger partial charge in [-0.2, -0.15) is 26.3 Å². The largest absolute Gasteiger partial charge is 0.407 e. The first-order chi connectivity index (χ1) is 9.59. The predicted molar refractivity (Wildman–Crippen MR) is 69.4 cm³/mol. The lowest BCUT2D eigenvalue weighted by Gasteiger charge is -2.42. The van der Waals surface area contributed by atoms with E-state index in [2.05, 4.69) is 5.32 Å². The number of halogens is 6. The zero-order valence-electron chi connectivity index (χ0n) is 11.9. The van der Waals surface area contributed by atoms with Crippen molar-refractivity contribution in [1.29, 1.82) is 0 Å². The highest BCUT2D eigenvalue weighted by atomic mass is 19.4. The number of hydrogen-bond donors (Lipinski definition) is 1. The third-order valence-corrected chi connectivity index (χ3v) is 3.42. The van der Waals surface area contributed by atoms with Gasteiger partial charge in [0.05, 0.1) is 0 Å². The normalized spacial score (nSPS) is 17.2. The van der Waals surface area contributed by atoms with Gasteiger partial charge in [0.25, 0.3) is 0 Å². The minimum atomic E-state index is -5.38. The van der Waals surface area contributed by atoms with E-state index in [4.69, 9.17) is 0 Å². The van der Waals surface area contributed by atoms with E-state index < -0.39 is 29.8 Å². The summed E-state index contributed by atoms with van der Waals surface area (Å²) in [4.78, 5) is 0. The number of hydrogen-bond acceptors (Lipinski definition) is 1. The fourth-order valence-electron chi connectivity index (χ4n) is 2.45. The molecule has 120 valence electrons. The number of aryl methyl sites for hydroxylation is 1. The van der Waals surface area contributed by atoms with E-state index in [1.54, 1.807) is 6.92 Å². The molecule has 0 aliphatic carbocycles. The second-order valence-electron chi connectivity index (χ2n) is 4.63. The van der Waals surface area contributed by atoms with Crippen molar-refractivity contribution in [2.75, 3.05) is 11.9 Å². The highest BCUT2D eigenvalue weighted by molar-refractivity contribution is 5.60. The Balaban J connectivity index is 0.00000106. The quantitative estimate of drug-likeness (QED) is 0.649. The van der Waals surface area contributed by atoms with Crippen LogP contribution in [0.2, 0.25) is 0 Å². The lowest BCUT2D eigenvalue weighted by Crippen LogP contribution is -2.56. The van der Waals surface area contributed by atoms with Crippen molar-refractivity contribution in [2.45, 2.75) is 45.0 Å². The minimum Gasteiger partial charge on any atom is -0.385 e. The summed E-state index contributed by atoms with van der Waals surface area (Å²) in [5.74, 6) is 0. The summed E-state index contributed by atoms with van der Waals surface area (Å²) in [6.07, 6.45) is -11.8. The van der Waals surface area contributed by atoms with Crippen molar-refractivity contribution in [1.82, 2.24) is 0 Å². The van der Waals surface area contributed by atoms with Gasteiger partial charge in [0.2, 0.25) is 0 Å². The van der Waals surface area contributed by atoms with E-state index in [1.807, 2.05) is 13.8 Å². The van der Waals surface area contributed by atoms with Crippen LogP contribution in [0.15, 0.2) is 18.2 Å². The maximum Gasteiger partial charge on any atom is 0.407 e. The molecule has 1 nitrogen and oxygen atoms in total. The van der Waals surface area contributed by atoms with Gasteiger partial charge in [-0.15, -0.1) is 0 Å².